The quantitative estimate of drug-likeness (QED) is 0.349. The first-order chi connectivity index (χ1) is 19.8. The maximum absolute atomic E-state index is 14.0. The molecule has 3 amide bonds. The van der Waals surface area contributed by atoms with Crippen molar-refractivity contribution in [2.75, 3.05) is 33.7 Å². The Balaban J connectivity index is 1.30. The van der Waals surface area contributed by atoms with Gasteiger partial charge in [-0.15, -0.1) is 11.3 Å². The molecule has 0 bridgehead atoms. The number of likely N-dealkylation sites (tertiary alicyclic amines) is 1. The number of hydrogen-bond acceptors (Lipinski definition) is 5. The molecule has 1 aliphatic carbocycles. The van der Waals surface area contributed by atoms with Gasteiger partial charge in [0.15, 0.2) is 0 Å². The topological polar surface area (TPSA) is 73.0 Å². The lowest BCUT2D eigenvalue weighted by atomic mass is 9.91. The van der Waals surface area contributed by atoms with Crippen LogP contribution >= 0.6 is 22.9 Å². The third-order valence-electron chi connectivity index (χ3n) is 8.18. The van der Waals surface area contributed by atoms with Gasteiger partial charge in [-0.1, -0.05) is 61.2 Å². The molecule has 7 nitrogen and oxygen atoms in total. The van der Waals surface area contributed by atoms with Crippen LogP contribution in [0.2, 0.25) is 5.02 Å². The van der Waals surface area contributed by atoms with Crippen molar-refractivity contribution >= 4 is 50.7 Å². The van der Waals surface area contributed by atoms with E-state index in [4.69, 9.17) is 11.6 Å². The number of carbonyl (C=O) groups excluding carboxylic acids is 3. The van der Waals surface area contributed by atoms with E-state index >= 15 is 0 Å². The highest BCUT2D eigenvalue weighted by Crippen LogP contribution is 2.33. The Bertz CT molecular complexity index is 1330. The minimum absolute atomic E-state index is 0.0274. The van der Waals surface area contributed by atoms with Crippen LogP contribution in [0.3, 0.4) is 0 Å². The first kappa shape index (κ1) is 29.5. The van der Waals surface area contributed by atoms with Crippen LogP contribution in [-0.4, -0.2) is 84.3 Å². The molecule has 2 fully saturated rings. The number of fused-ring (bicyclic) bond motifs is 1. The molecule has 2 aromatic carbocycles. The Kier molecular flexibility index (Phi) is 9.63. The molecule has 1 saturated heterocycles. The van der Waals surface area contributed by atoms with Crippen molar-refractivity contribution in [3.63, 3.8) is 0 Å². The van der Waals surface area contributed by atoms with Crippen molar-refractivity contribution in [1.29, 1.82) is 0 Å². The van der Waals surface area contributed by atoms with Gasteiger partial charge in [0.1, 0.15) is 6.04 Å². The molecular weight excluding hydrogens is 556 g/mol. The van der Waals surface area contributed by atoms with E-state index in [1.54, 1.807) is 28.4 Å². The van der Waals surface area contributed by atoms with E-state index in [2.05, 4.69) is 16.3 Å². The minimum Gasteiger partial charge on any atom is -0.344 e. The number of nitrogens with one attached hydrogen (secondary N) is 1. The largest absolute Gasteiger partial charge is 0.344 e. The fourth-order valence-electron chi connectivity index (χ4n) is 5.88. The summed E-state index contributed by atoms with van der Waals surface area (Å²) in [7, 11) is 3.84. The van der Waals surface area contributed by atoms with Gasteiger partial charge in [-0.3, -0.25) is 14.4 Å². The monoisotopic (exact) mass is 594 g/mol. The molecule has 1 aromatic heterocycles. The average molecular weight is 595 g/mol. The van der Waals surface area contributed by atoms with Gasteiger partial charge in [-0.05, 0) is 62.2 Å². The summed E-state index contributed by atoms with van der Waals surface area (Å²) in [4.78, 5) is 47.0. The lowest BCUT2D eigenvalue weighted by Crippen LogP contribution is -2.67. The van der Waals surface area contributed by atoms with Crippen molar-refractivity contribution in [1.82, 2.24) is 20.0 Å². The summed E-state index contributed by atoms with van der Waals surface area (Å²) >= 11 is 7.61. The van der Waals surface area contributed by atoms with E-state index in [0.717, 1.165) is 46.2 Å². The predicted molar refractivity (Wildman–Crippen MR) is 165 cm³/mol. The Hall–Kier alpha value is -2.94. The number of thiophene rings is 1. The first-order valence-electron chi connectivity index (χ1n) is 14.6. The van der Waals surface area contributed by atoms with Crippen molar-refractivity contribution in [2.45, 2.75) is 63.1 Å². The van der Waals surface area contributed by atoms with Gasteiger partial charge in [-0.25, -0.2) is 0 Å². The van der Waals surface area contributed by atoms with E-state index in [-0.39, 0.29) is 29.8 Å². The Labute approximate surface area is 251 Å². The van der Waals surface area contributed by atoms with Gasteiger partial charge < -0.3 is 20.0 Å². The maximum atomic E-state index is 14.0. The number of rotatable bonds is 10. The van der Waals surface area contributed by atoms with Gasteiger partial charge in [0.2, 0.25) is 11.8 Å². The molecule has 5 rings (SSSR count). The first-order valence-corrected chi connectivity index (χ1v) is 15.8. The fourth-order valence-corrected chi connectivity index (χ4v) is 7.02. The molecule has 0 radical (unpaired) electrons. The lowest BCUT2D eigenvalue weighted by Gasteiger charge is -2.49. The normalized spacial score (nSPS) is 16.9. The zero-order valence-corrected chi connectivity index (χ0v) is 25.4. The molecule has 41 heavy (non-hydrogen) atoms. The van der Waals surface area contributed by atoms with Gasteiger partial charge in [0.05, 0.1) is 10.9 Å². The standard InChI is InChI=1S/C32H39ClN4O3S/c1-35(2)17-16-30(38)34-27(18-22-12-14-24(33)15-13-22)31(39)36-20-26(21-36)37(25-9-4-3-5-10-25)32(40)29-19-23-8-6-7-11-28(23)41-29/h6-8,11-15,19,25-27H,3-5,9-10,16-18,20-21H2,1-2H3,(H,34,38)/t27-/m1/s1. The molecule has 0 spiro atoms. The Morgan fingerprint density at radius 1 is 1.00 bits per heavy atom. The number of halogens is 1. The van der Waals surface area contributed by atoms with Crippen molar-refractivity contribution in [3.05, 3.63) is 70.1 Å². The molecule has 2 aliphatic rings. The van der Waals surface area contributed by atoms with Crippen molar-refractivity contribution in [3.8, 4) is 0 Å². The SMILES string of the molecule is CN(C)CCC(=O)N[C@H](Cc1ccc(Cl)cc1)C(=O)N1CC(N(C(=O)c2cc3ccccc3s2)C2CCCCC2)C1. The van der Waals surface area contributed by atoms with E-state index < -0.39 is 6.04 Å². The van der Waals surface area contributed by atoms with Crippen molar-refractivity contribution < 1.29 is 14.4 Å². The van der Waals surface area contributed by atoms with Crippen LogP contribution in [0, 0.1) is 0 Å². The van der Waals surface area contributed by atoms with Crippen LogP contribution in [0.4, 0.5) is 0 Å². The molecule has 3 aromatic rings. The summed E-state index contributed by atoms with van der Waals surface area (Å²) in [5.41, 5.74) is 0.932. The number of amides is 3. The smallest absolute Gasteiger partial charge is 0.264 e. The molecule has 1 saturated carbocycles. The second-order valence-corrected chi connectivity index (χ2v) is 13.1. The van der Waals surface area contributed by atoms with Gasteiger partial charge >= 0.3 is 0 Å². The summed E-state index contributed by atoms with van der Waals surface area (Å²) in [6.45, 7) is 1.57. The molecule has 2 heterocycles. The van der Waals surface area contributed by atoms with E-state index in [9.17, 15) is 14.4 Å². The van der Waals surface area contributed by atoms with E-state index in [0.29, 0.717) is 37.5 Å². The third kappa shape index (κ3) is 7.29. The average Bonchev–Trinajstić information content (AvgIpc) is 3.39. The highest BCUT2D eigenvalue weighted by molar-refractivity contribution is 7.20. The summed E-state index contributed by atoms with van der Waals surface area (Å²) < 4.78 is 1.11. The molecular formula is C32H39ClN4O3S. The molecule has 1 atom stereocenters. The van der Waals surface area contributed by atoms with Crippen LogP contribution in [0.1, 0.15) is 53.8 Å². The highest BCUT2D eigenvalue weighted by Gasteiger charge is 2.43. The molecule has 1 aliphatic heterocycles. The van der Waals surface area contributed by atoms with Gasteiger partial charge in [0, 0.05) is 48.2 Å². The van der Waals surface area contributed by atoms with Crippen LogP contribution < -0.4 is 5.32 Å². The van der Waals surface area contributed by atoms with Crippen LogP contribution in [-0.2, 0) is 16.0 Å². The number of carbonyl (C=O) groups is 3. The molecule has 0 unspecified atom stereocenters. The number of hydrogen-bond donors (Lipinski definition) is 1. The van der Waals surface area contributed by atoms with Gasteiger partial charge in [-0.2, -0.15) is 0 Å². The zero-order chi connectivity index (χ0) is 28.9. The second kappa shape index (κ2) is 13.4. The molecule has 9 heteroatoms. The van der Waals surface area contributed by atoms with Crippen LogP contribution in [0.5, 0.6) is 0 Å². The number of nitrogens with zero attached hydrogens (tertiary/aromatic N) is 3. The number of benzene rings is 2. The summed E-state index contributed by atoms with van der Waals surface area (Å²) in [6.07, 6.45) is 6.16. The van der Waals surface area contributed by atoms with Crippen LogP contribution in [0.15, 0.2) is 54.6 Å². The second-order valence-electron chi connectivity index (χ2n) is 11.6. The predicted octanol–water partition coefficient (Wildman–Crippen LogP) is 5.22. The lowest BCUT2D eigenvalue weighted by molar-refractivity contribution is -0.143. The highest BCUT2D eigenvalue weighted by atomic mass is 35.5. The zero-order valence-electron chi connectivity index (χ0n) is 23.9. The van der Waals surface area contributed by atoms with Gasteiger partial charge in [0.25, 0.3) is 5.91 Å². The van der Waals surface area contributed by atoms with Crippen LogP contribution in [0.25, 0.3) is 10.1 Å². The molecule has 1 N–H and O–H groups in total. The maximum Gasteiger partial charge on any atom is 0.264 e. The van der Waals surface area contributed by atoms with Crippen molar-refractivity contribution in [2.24, 2.45) is 0 Å². The summed E-state index contributed by atoms with van der Waals surface area (Å²) in [5.74, 6) is -0.177. The Morgan fingerprint density at radius 2 is 1.71 bits per heavy atom. The van der Waals surface area contributed by atoms with E-state index in [1.165, 1.54) is 6.42 Å². The summed E-state index contributed by atoms with van der Waals surface area (Å²) in [5, 5.41) is 4.70. The summed E-state index contributed by atoms with van der Waals surface area (Å²) in [6, 6.07) is 17.0. The third-order valence-corrected chi connectivity index (χ3v) is 9.53. The Morgan fingerprint density at radius 3 is 2.39 bits per heavy atom. The minimum atomic E-state index is -0.673. The molecule has 218 valence electrons. The van der Waals surface area contributed by atoms with E-state index in [1.807, 2.05) is 55.4 Å². The fraction of sp³-hybridized carbons (Fsp3) is 0.469.